The van der Waals surface area contributed by atoms with Crippen LogP contribution >= 0.6 is 0 Å². The predicted molar refractivity (Wildman–Crippen MR) is 259 cm³/mol. The zero-order chi connectivity index (χ0) is 39.3. The topological polar surface area (TPSA) is 0 Å². The molecule has 0 nitrogen and oxygen atoms in total. The molecule has 276 valence electrons. The zero-order valence-electron chi connectivity index (χ0n) is 32.8. The Hall–Kier alpha value is -7.80. The van der Waals surface area contributed by atoms with Crippen molar-refractivity contribution in [1.29, 1.82) is 0 Å². The zero-order valence-corrected chi connectivity index (χ0v) is 32.8. The van der Waals surface area contributed by atoms with Gasteiger partial charge in [-0.1, -0.05) is 200 Å². The fourth-order valence-electron chi connectivity index (χ4n) is 10.3. The molecule has 0 spiro atoms. The van der Waals surface area contributed by atoms with E-state index in [2.05, 4.69) is 218 Å². The molecule has 0 amide bonds. The van der Waals surface area contributed by atoms with Gasteiger partial charge in [0.15, 0.2) is 0 Å². The van der Waals surface area contributed by atoms with Crippen molar-refractivity contribution in [2.45, 2.75) is 0 Å². The smallest absolute Gasteiger partial charge is 0.00206 e. The van der Waals surface area contributed by atoms with Crippen molar-refractivity contribution in [2.24, 2.45) is 0 Å². The van der Waals surface area contributed by atoms with E-state index in [1.54, 1.807) is 0 Å². The molecule has 60 heavy (non-hydrogen) atoms. The molecule has 0 heterocycles. The van der Waals surface area contributed by atoms with Crippen molar-refractivity contribution in [3.05, 3.63) is 218 Å². The molecule has 0 atom stereocenters. The summed E-state index contributed by atoms with van der Waals surface area (Å²) in [7, 11) is 0. The third-order valence-electron chi connectivity index (χ3n) is 13.2. The first-order valence-corrected chi connectivity index (χ1v) is 20.9. The lowest BCUT2D eigenvalue weighted by atomic mass is 9.83. The average molecular weight is 757 g/mol. The number of benzene rings is 13. The molecule has 0 heteroatoms. The largest absolute Gasteiger partial charge is 0.0622 e. The highest BCUT2D eigenvalue weighted by Crippen LogP contribution is 2.47. The molecule has 0 radical (unpaired) electrons. The van der Waals surface area contributed by atoms with Crippen LogP contribution in [0.3, 0.4) is 0 Å². The van der Waals surface area contributed by atoms with E-state index in [0.717, 1.165) is 0 Å². The SMILES string of the molecule is c1ccc(-c2ccc(-c3ccc4ccc5cccc6ccc3c4c56)c(-c3ccc(-c4ccc5ccc6cccc7ccc4c5c67)c(-c4ccc5ccccc5c4)c3)c2)cc1. The minimum Gasteiger partial charge on any atom is -0.0622 e. The molecule has 0 fully saturated rings. The summed E-state index contributed by atoms with van der Waals surface area (Å²) in [5.41, 5.74) is 12.2. The molecule has 0 aliphatic heterocycles. The maximum Gasteiger partial charge on any atom is -0.00206 e. The van der Waals surface area contributed by atoms with Crippen LogP contribution in [0.2, 0.25) is 0 Å². The van der Waals surface area contributed by atoms with Gasteiger partial charge in [-0.15, -0.1) is 0 Å². The highest BCUT2D eigenvalue weighted by molar-refractivity contribution is 6.27. The molecular weight excluding hydrogens is 721 g/mol. The molecule has 13 aromatic rings. The van der Waals surface area contributed by atoms with Gasteiger partial charge in [0, 0.05) is 0 Å². The molecule has 0 aliphatic rings. The second-order valence-corrected chi connectivity index (χ2v) is 16.4. The maximum atomic E-state index is 2.46. The van der Waals surface area contributed by atoms with E-state index in [-0.39, 0.29) is 0 Å². The highest BCUT2D eigenvalue weighted by Gasteiger charge is 2.20. The molecule has 13 aromatic carbocycles. The van der Waals surface area contributed by atoms with E-state index in [1.807, 2.05) is 0 Å². The molecule has 0 unspecified atom stereocenters. The third kappa shape index (κ3) is 4.98. The average Bonchev–Trinajstić information content (AvgIpc) is 3.32. The predicted octanol–water partition coefficient (Wildman–Crippen LogP) is 17.0. The van der Waals surface area contributed by atoms with Gasteiger partial charge in [-0.25, -0.2) is 0 Å². The maximum absolute atomic E-state index is 2.46. The van der Waals surface area contributed by atoms with Crippen LogP contribution in [-0.4, -0.2) is 0 Å². The molecule has 0 aromatic heterocycles. The Labute approximate surface area is 347 Å². The number of hydrogen-bond donors (Lipinski definition) is 0. The molecule has 0 saturated heterocycles. The van der Waals surface area contributed by atoms with Crippen molar-refractivity contribution >= 4 is 75.4 Å². The van der Waals surface area contributed by atoms with Crippen molar-refractivity contribution in [3.8, 4) is 55.6 Å². The van der Waals surface area contributed by atoms with Gasteiger partial charge in [-0.05, 0) is 149 Å². The lowest BCUT2D eigenvalue weighted by Gasteiger charge is -2.20. The Morgan fingerprint density at radius 2 is 0.550 bits per heavy atom. The van der Waals surface area contributed by atoms with E-state index in [9.17, 15) is 0 Å². The molecule has 0 bridgehead atoms. The number of rotatable bonds is 5. The van der Waals surface area contributed by atoms with Crippen LogP contribution < -0.4 is 0 Å². The molecule has 0 N–H and O–H groups in total. The summed E-state index contributed by atoms with van der Waals surface area (Å²) in [6.07, 6.45) is 0. The van der Waals surface area contributed by atoms with E-state index in [4.69, 9.17) is 0 Å². The van der Waals surface area contributed by atoms with Gasteiger partial charge in [-0.2, -0.15) is 0 Å². The first kappa shape index (κ1) is 33.2. The summed E-state index contributed by atoms with van der Waals surface area (Å²) in [6.45, 7) is 0. The number of hydrogen-bond acceptors (Lipinski definition) is 0. The highest BCUT2D eigenvalue weighted by atomic mass is 14.2. The molecule has 0 aliphatic carbocycles. The fourth-order valence-corrected chi connectivity index (χ4v) is 10.3. The van der Waals surface area contributed by atoms with Crippen LogP contribution in [0.4, 0.5) is 0 Å². The minimum absolute atomic E-state index is 1.19. The number of fused-ring (bicyclic) bond motifs is 1. The van der Waals surface area contributed by atoms with Gasteiger partial charge in [0.1, 0.15) is 0 Å². The van der Waals surface area contributed by atoms with Crippen molar-refractivity contribution < 1.29 is 0 Å². The van der Waals surface area contributed by atoms with Gasteiger partial charge < -0.3 is 0 Å². The van der Waals surface area contributed by atoms with E-state index < -0.39 is 0 Å². The van der Waals surface area contributed by atoms with Crippen LogP contribution in [0.5, 0.6) is 0 Å². The first-order chi connectivity index (χ1) is 29.7. The summed E-state index contributed by atoms with van der Waals surface area (Å²) in [4.78, 5) is 0. The van der Waals surface area contributed by atoms with Gasteiger partial charge in [0.05, 0.1) is 0 Å². The van der Waals surface area contributed by atoms with Crippen molar-refractivity contribution in [1.82, 2.24) is 0 Å². The molecule has 13 rings (SSSR count). The van der Waals surface area contributed by atoms with Crippen molar-refractivity contribution in [3.63, 3.8) is 0 Å². The normalized spacial score (nSPS) is 12.0. The standard InChI is InChI=1S/C60H36/c1-2-8-37(9-3-1)46-26-30-51(49-28-22-43-19-17-39-12-6-14-41-24-32-53(49)59(43)57(39)41)55(35-46)48-27-31-52(56(36-48)47-21-16-38-10-4-5-11-45(38)34-47)50-29-23-44-20-18-40-13-7-15-42-25-33-54(50)60(44)58(40)42/h1-36H. The van der Waals surface area contributed by atoms with Crippen LogP contribution in [0.1, 0.15) is 0 Å². The van der Waals surface area contributed by atoms with E-state index in [0.29, 0.717) is 0 Å². The Morgan fingerprint density at radius 1 is 0.167 bits per heavy atom. The molecular formula is C60H36. The van der Waals surface area contributed by atoms with Crippen LogP contribution in [0.25, 0.3) is 131 Å². The van der Waals surface area contributed by atoms with E-state index >= 15 is 0 Å². The van der Waals surface area contributed by atoms with Crippen LogP contribution in [0.15, 0.2) is 218 Å². The summed E-state index contributed by atoms with van der Waals surface area (Å²) in [5.74, 6) is 0. The van der Waals surface area contributed by atoms with Crippen LogP contribution in [0, 0.1) is 0 Å². The van der Waals surface area contributed by atoms with Gasteiger partial charge in [-0.3, -0.25) is 0 Å². The second-order valence-electron chi connectivity index (χ2n) is 16.4. The second kappa shape index (κ2) is 12.9. The third-order valence-corrected chi connectivity index (χ3v) is 13.2. The summed E-state index contributed by atoms with van der Waals surface area (Å²) in [6, 6.07) is 81.7. The van der Waals surface area contributed by atoms with Gasteiger partial charge >= 0.3 is 0 Å². The Balaban J connectivity index is 1.09. The Kier molecular flexibility index (Phi) is 7.11. The lowest BCUT2D eigenvalue weighted by molar-refractivity contribution is 1.56. The fraction of sp³-hybridized carbons (Fsp3) is 0. The quantitative estimate of drug-likeness (QED) is 0.153. The Bertz CT molecular complexity index is 3780. The summed E-state index contributed by atoms with van der Waals surface area (Å²) < 4.78 is 0. The van der Waals surface area contributed by atoms with Crippen molar-refractivity contribution in [2.75, 3.05) is 0 Å². The Morgan fingerprint density at radius 3 is 1.13 bits per heavy atom. The lowest BCUT2D eigenvalue weighted by Crippen LogP contribution is -1.93. The monoisotopic (exact) mass is 756 g/mol. The van der Waals surface area contributed by atoms with Crippen LogP contribution in [-0.2, 0) is 0 Å². The first-order valence-electron chi connectivity index (χ1n) is 20.9. The summed E-state index contributed by atoms with van der Waals surface area (Å²) >= 11 is 0. The van der Waals surface area contributed by atoms with Gasteiger partial charge in [0.2, 0.25) is 0 Å². The van der Waals surface area contributed by atoms with Gasteiger partial charge in [0.25, 0.3) is 0 Å². The minimum atomic E-state index is 1.19. The van der Waals surface area contributed by atoms with E-state index in [1.165, 1.54) is 131 Å². The molecule has 0 saturated carbocycles. The summed E-state index contributed by atoms with van der Waals surface area (Å²) in [5, 5.41) is 18.1.